The first-order valence-electron chi connectivity index (χ1n) is 7.92. The molecule has 7 nitrogen and oxygen atoms in total. The highest BCUT2D eigenvalue weighted by Crippen LogP contribution is 2.27. The van der Waals surface area contributed by atoms with Gasteiger partial charge >= 0.3 is 5.95 Å². The van der Waals surface area contributed by atoms with Crippen LogP contribution in [0.4, 0.5) is 5.95 Å². The van der Waals surface area contributed by atoms with Gasteiger partial charge < -0.3 is 10.1 Å². The standard InChI is InChI=1S/C17H17N5O2S2/c1-13-14(12-21-9-8-20-17(21)22(23)24)4-2-5-15(13)25-10-11-26-16-18-6-3-7-19-16/h2-9H,10-12H2,1H3. The second-order valence-electron chi connectivity index (χ2n) is 5.38. The van der Waals surface area contributed by atoms with Crippen LogP contribution in [-0.2, 0) is 6.54 Å². The lowest BCUT2D eigenvalue weighted by Crippen LogP contribution is -2.05. The van der Waals surface area contributed by atoms with E-state index in [-0.39, 0.29) is 5.95 Å². The third kappa shape index (κ3) is 4.61. The Morgan fingerprint density at radius 2 is 1.85 bits per heavy atom. The lowest BCUT2D eigenvalue weighted by molar-refractivity contribution is -0.396. The molecule has 2 heterocycles. The van der Waals surface area contributed by atoms with Crippen LogP contribution in [0.5, 0.6) is 0 Å². The van der Waals surface area contributed by atoms with E-state index in [1.54, 1.807) is 52.7 Å². The van der Waals surface area contributed by atoms with Gasteiger partial charge in [0.25, 0.3) is 0 Å². The number of nitrogens with zero attached hydrogens (tertiary/aromatic N) is 5. The Kier molecular flexibility index (Phi) is 6.24. The van der Waals surface area contributed by atoms with Crippen LogP contribution >= 0.6 is 23.5 Å². The van der Waals surface area contributed by atoms with Crippen molar-refractivity contribution in [3.63, 3.8) is 0 Å². The van der Waals surface area contributed by atoms with Crippen LogP contribution < -0.4 is 0 Å². The predicted octanol–water partition coefficient (Wildman–Crippen LogP) is 3.82. The Labute approximate surface area is 159 Å². The first kappa shape index (κ1) is 18.4. The lowest BCUT2D eigenvalue weighted by atomic mass is 10.1. The number of rotatable bonds is 8. The average molecular weight is 387 g/mol. The van der Waals surface area contributed by atoms with Gasteiger partial charge in [-0.15, -0.1) is 11.8 Å². The molecule has 9 heteroatoms. The summed E-state index contributed by atoms with van der Waals surface area (Å²) in [6.07, 6.45) is 6.57. The van der Waals surface area contributed by atoms with Crippen LogP contribution in [0.15, 0.2) is 59.1 Å². The van der Waals surface area contributed by atoms with Gasteiger partial charge in [-0.05, 0) is 35.1 Å². The number of hydrogen-bond acceptors (Lipinski definition) is 7. The highest BCUT2D eigenvalue weighted by molar-refractivity contribution is 8.02. The monoisotopic (exact) mass is 387 g/mol. The van der Waals surface area contributed by atoms with Crippen molar-refractivity contribution in [3.05, 3.63) is 70.3 Å². The van der Waals surface area contributed by atoms with Crippen LogP contribution in [0, 0.1) is 17.0 Å². The van der Waals surface area contributed by atoms with E-state index in [0.717, 1.165) is 27.8 Å². The number of hydrogen-bond donors (Lipinski definition) is 0. The molecule has 3 rings (SSSR count). The highest BCUT2D eigenvalue weighted by atomic mass is 32.2. The molecule has 0 fully saturated rings. The molecular weight excluding hydrogens is 370 g/mol. The molecule has 1 aromatic carbocycles. The largest absolute Gasteiger partial charge is 0.434 e. The number of imidazole rings is 1. The van der Waals surface area contributed by atoms with Crippen molar-refractivity contribution in [2.45, 2.75) is 23.5 Å². The van der Waals surface area contributed by atoms with Gasteiger partial charge in [0.15, 0.2) is 5.16 Å². The zero-order valence-electron chi connectivity index (χ0n) is 14.1. The van der Waals surface area contributed by atoms with Crippen LogP contribution in [0.1, 0.15) is 11.1 Å². The summed E-state index contributed by atoms with van der Waals surface area (Å²) in [7, 11) is 0. The molecule has 0 saturated carbocycles. The van der Waals surface area contributed by atoms with Crippen molar-refractivity contribution in [2.24, 2.45) is 0 Å². The van der Waals surface area contributed by atoms with Crippen molar-refractivity contribution in [2.75, 3.05) is 11.5 Å². The van der Waals surface area contributed by atoms with Crippen LogP contribution in [0.3, 0.4) is 0 Å². The van der Waals surface area contributed by atoms with Crippen molar-refractivity contribution >= 4 is 29.5 Å². The Morgan fingerprint density at radius 1 is 1.08 bits per heavy atom. The molecule has 0 atom stereocenters. The SMILES string of the molecule is Cc1c(Cn2ccnc2[N+](=O)[O-])cccc1SCCSc1ncccn1. The smallest absolute Gasteiger partial charge is 0.390 e. The minimum absolute atomic E-state index is 0.137. The van der Waals surface area contributed by atoms with E-state index in [9.17, 15) is 10.1 Å². The fraction of sp³-hybridized carbons (Fsp3) is 0.235. The third-order valence-electron chi connectivity index (χ3n) is 3.71. The topological polar surface area (TPSA) is 86.7 Å². The summed E-state index contributed by atoms with van der Waals surface area (Å²) in [5, 5.41) is 11.8. The molecular formula is C17H17N5O2S2. The molecule has 0 saturated heterocycles. The summed E-state index contributed by atoms with van der Waals surface area (Å²) in [5.41, 5.74) is 2.19. The minimum atomic E-state index is -0.461. The van der Waals surface area contributed by atoms with Gasteiger partial charge in [0, 0.05) is 28.8 Å². The quantitative estimate of drug-likeness (QED) is 0.191. The molecule has 0 aliphatic rings. The van der Waals surface area contributed by atoms with E-state index < -0.39 is 4.92 Å². The Bertz CT molecular complexity index is 886. The second-order valence-corrected chi connectivity index (χ2v) is 7.58. The summed E-state index contributed by atoms with van der Waals surface area (Å²) in [6, 6.07) is 7.87. The second kappa shape index (κ2) is 8.81. The van der Waals surface area contributed by atoms with E-state index in [4.69, 9.17) is 0 Å². The lowest BCUT2D eigenvalue weighted by Gasteiger charge is -2.10. The maximum atomic E-state index is 11.0. The molecule has 0 spiro atoms. The van der Waals surface area contributed by atoms with E-state index in [1.165, 1.54) is 11.1 Å². The number of aromatic nitrogens is 4. The Balaban J connectivity index is 1.62. The highest BCUT2D eigenvalue weighted by Gasteiger charge is 2.15. The number of thioether (sulfide) groups is 2. The molecule has 2 aromatic heterocycles. The van der Waals surface area contributed by atoms with Crippen molar-refractivity contribution in [1.82, 2.24) is 19.5 Å². The maximum absolute atomic E-state index is 11.0. The van der Waals surface area contributed by atoms with Crippen molar-refractivity contribution in [3.8, 4) is 0 Å². The van der Waals surface area contributed by atoms with E-state index >= 15 is 0 Å². The van der Waals surface area contributed by atoms with Crippen LogP contribution in [0.25, 0.3) is 0 Å². The molecule has 0 aliphatic carbocycles. The van der Waals surface area contributed by atoms with E-state index in [1.807, 2.05) is 19.1 Å². The average Bonchev–Trinajstić information content (AvgIpc) is 3.11. The van der Waals surface area contributed by atoms with Gasteiger partial charge in [0.2, 0.25) is 0 Å². The molecule has 0 N–H and O–H groups in total. The zero-order valence-corrected chi connectivity index (χ0v) is 15.7. The molecule has 26 heavy (non-hydrogen) atoms. The van der Waals surface area contributed by atoms with E-state index in [0.29, 0.717) is 6.54 Å². The minimum Gasteiger partial charge on any atom is -0.390 e. The fourth-order valence-electron chi connectivity index (χ4n) is 2.41. The molecule has 0 amide bonds. The predicted molar refractivity (Wildman–Crippen MR) is 103 cm³/mol. The van der Waals surface area contributed by atoms with Crippen LogP contribution in [0.2, 0.25) is 0 Å². The molecule has 134 valence electrons. The molecule has 0 unspecified atom stereocenters. The van der Waals surface area contributed by atoms with Gasteiger partial charge in [-0.3, -0.25) is 0 Å². The first-order valence-corrected chi connectivity index (χ1v) is 9.89. The Hall–Kier alpha value is -2.39. The van der Waals surface area contributed by atoms with Gasteiger partial charge in [0.05, 0.1) is 6.54 Å². The van der Waals surface area contributed by atoms with Crippen molar-refractivity contribution < 1.29 is 4.92 Å². The van der Waals surface area contributed by atoms with Gasteiger partial charge in [-0.25, -0.2) is 14.5 Å². The van der Waals surface area contributed by atoms with Crippen molar-refractivity contribution in [1.29, 1.82) is 0 Å². The summed E-state index contributed by atoms with van der Waals surface area (Å²) in [5.74, 6) is 1.70. The first-order chi connectivity index (χ1) is 12.6. The summed E-state index contributed by atoms with van der Waals surface area (Å²) in [4.78, 5) is 23.9. The van der Waals surface area contributed by atoms with Gasteiger partial charge in [-0.1, -0.05) is 28.9 Å². The molecule has 0 aliphatic heterocycles. The Morgan fingerprint density at radius 3 is 2.62 bits per heavy atom. The summed E-state index contributed by atoms with van der Waals surface area (Å²) < 4.78 is 1.55. The number of benzene rings is 1. The van der Waals surface area contributed by atoms with Gasteiger partial charge in [0.1, 0.15) is 12.4 Å². The zero-order chi connectivity index (χ0) is 18.4. The molecule has 0 bridgehead atoms. The normalized spacial score (nSPS) is 10.8. The summed E-state index contributed by atoms with van der Waals surface area (Å²) in [6.45, 7) is 2.48. The molecule has 3 aromatic rings. The third-order valence-corrected chi connectivity index (χ3v) is 6.01. The van der Waals surface area contributed by atoms with Crippen LogP contribution in [-0.4, -0.2) is 35.9 Å². The maximum Gasteiger partial charge on any atom is 0.434 e. The number of nitro groups is 1. The molecule has 0 radical (unpaired) electrons. The van der Waals surface area contributed by atoms with Gasteiger partial charge in [-0.2, -0.15) is 0 Å². The fourth-order valence-corrected chi connectivity index (χ4v) is 4.27. The van der Waals surface area contributed by atoms with E-state index in [2.05, 4.69) is 21.0 Å². The summed E-state index contributed by atoms with van der Waals surface area (Å²) >= 11 is 3.40.